The summed E-state index contributed by atoms with van der Waals surface area (Å²) in [4.78, 5) is 23.5. The summed E-state index contributed by atoms with van der Waals surface area (Å²) in [6, 6.07) is 11.9. The zero-order valence-electron chi connectivity index (χ0n) is 14.8. The van der Waals surface area contributed by atoms with Crippen LogP contribution in [0.5, 0.6) is 0 Å². The number of pyridine rings is 1. The van der Waals surface area contributed by atoms with E-state index in [2.05, 4.69) is 20.9 Å². The number of carbonyl (C=O) groups excluding carboxylic acids is 1. The van der Waals surface area contributed by atoms with Gasteiger partial charge in [0.15, 0.2) is 0 Å². The zero-order valence-corrected chi connectivity index (χ0v) is 15.5. The molecule has 5 nitrogen and oxygen atoms in total. The molecular weight excluding hydrogens is 348 g/mol. The van der Waals surface area contributed by atoms with Gasteiger partial charge in [0.05, 0.1) is 5.56 Å². The van der Waals surface area contributed by atoms with E-state index in [0.29, 0.717) is 5.56 Å². The minimum absolute atomic E-state index is 0.104. The third-order valence-corrected chi connectivity index (χ3v) is 5.40. The van der Waals surface area contributed by atoms with Crippen LogP contribution in [0.25, 0.3) is 0 Å². The van der Waals surface area contributed by atoms with E-state index in [4.69, 9.17) is 11.6 Å². The number of benzene rings is 1. The molecule has 4 rings (SSSR count). The molecule has 0 aliphatic carbocycles. The first-order chi connectivity index (χ1) is 12.7. The smallest absolute Gasteiger partial charge is 0.255 e. The molecule has 2 aliphatic rings. The maximum atomic E-state index is 12.4. The van der Waals surface area contributed by atoms with E-state index in [1.807, 2.05) is 35.2 Å². The van der Waals surface area contributed by atoms with Gasteiger partial charge < -0.3 is 14.7 Å². The molecule has 2 saturated heterocycles. The Morgan fingerprint density at radius 2 is 1.65 bits per heavy atom. The number of likely N-dealkylation sites (tertiary alicyclic amines) is 1. The summed E-state index contributed by atoms with van der Waals surface area (Å²) >= 11 is 6.10. The quantitative estimate of drug-likeness (QED) is 0.831. The van der Waals surface area contributed by atoms with Gasteiger partial charge in [0.25, 0.3) is 5.91 Å². The van der Waals surface area contributed by atoms with Crippen molar-refractivity contribution in [3.05, 3.63) is 53.2 Å². The minimum Gasteiger partial charge on any atom is -0.368 e. The van der Waals surface area contributed by atoms with Crippen molar-refractivity contribution >= 4 is 29.0 Å². The predicted molar refractivity (Wildman–Crippen MR) is 105 cm³/mol. The molecule has 2 fully saturated rings. The highest BCUT2D eigenvalue weighted by molar-refractivity contribution is 6.30. The van der Waals surface area contributed by atoms with Gasteiger partial charge in [-0.25, -0.2) is 4.98 Å². The van der Waals surface area contributed by atoms with E-state index in [-0.39, 0.29) is 5.91 Å². The lowest BCUT2D eigenvalue weighted by Crippen LogP contribution is -2.46. The molecular formula is C20H23ClN4O. The molecule has 0 saturated carbocycles. The molecule has 0 unspecified atom stereocenters. The van der Waals surface area contributed by atoms with Crippen LogP contribution in [0.4, 0.5) is 11.5 Å². The number of amides is 1. The number of aromatic nitrogens is 1. The van der Waals surface area contributed by atoms with Gasteiger partial charge in [-0.15, -0.1) is 0 Å². The third-order valence-electron chi connectivity index (χ3n) is 5.17. The third kappa shape index (κ3) is 3.63. The Labute approximate surface area is 159 Å². The second-order valence-corrected chi connectivity index (χ2v) is 7.29. The first-order valence-corrected chi connectivity index (χ1v) is 9.59. The van der Waals surface area contributed by atoms with E-state index < -0.39 is 0 Å². The molecule has 1 amide bonds. The van der Waals surface area contributed by atoms with Crippen LogP contribution in [0, 0.1) is 0 Å². The van der Waals surface area contributed by atoms with Crippen LogP contribution in [-0.2, 0) is 0 Å². The number of hydrogen-bond donors (Lipinski definition) is 0. The molecule has 6 heteroatoms. The molecule has 2 aliphatic heterocycles. The van der Waals surface area contributed by atoms with E-state index in [0.717, 1.165) is 68.6 Å². The monoisotopic (exact) mass is 370 g/mol. The molecule has 2 aromatic rings. The summed E-state index contributed by atoms with van der Waals surface area (Å²) < 4.78 is 0. The van der Waals surface area contributed by atoms with Crippen LogP contribution < -0.4 is 9.80 Å². The Balaban J connectivity index is 1.37. The van der Waals surface area contributed by atoms with Gasteiger partial charge >= 0.3 is 0 Å². The fraction of sp³-hybridized carbons (Fsp3) is 0.400. The maximum Gasteiger partial charge on any atom is 0.255 e. The van der Waals surface area contributed by atoms with E-state index in [1.165, 1.54) is 0 Å². The van der Waals surface area contributed by atoms with Crippen molar-refractivity contribution in [1.82, 2.24) is 9.88 Å². The number of nitrogens with zero attached hydrogens (tertiary/aromatic N) is 4. The normalized spacial score (nSPS) is 17.7. The Morgan fingerprint density at radius 1 is 0.923 bits per heavy atom. The predicted octanol–water partition coefficient (Wildman–Crippen LogP) is 3.30. The fourth-order valence-corrected chi connectivity index (χ4v) is 3.85. The first-order valence-electron chi connectivity index (χ1n) is 9.21. The second-order valence-electron chi connectivity index (χ2n) is 6.86. The lowest BCUT2D eigenvalue weighted by molar-refractivity contribution is 0.0792. The molecule has 26 heavy (non-hydrogen) atoms. The summed E-state index contributed by atoms with van der Waals surface area (Å²) in [5.74, 6) is 1.04. The van der Waals surface area contributed by atoms with Gasteiger partial charge in [-0.05, 0) is 43.2 Å². The Kier molecular flexibility index (Phi) is 4.98. The molecule has 0 spiro atoms. The van der Waals surface area contributed by atoms with Crippen LogP contribution in [0.1, 0.15) is 23.2 Å². The van der Waals surface area contributed by atoms with Gasteiger partial charge in [-0.3, -0.25) is 4.79 Å². The average Bonchev–Trinajstić information content (AvgIpc) is 3.23. The van der Waals surface area contributed by atoms with Crippen LogP contribution in [-0.4, -0.2) is 55.1 Å². The van der Waals surface area contributed by atoms with Crippen molar-refractivity contribution in [2.45, 2.75) is 12.8 Å². The van der Waals surface area contributed by atoms with Crippen molar-refractivity contribution in [2.75, 3.05) is 49.1 Å². The molecule has 0 N–H and O–H groups in total. The Hall–Kier alpha value is -2.27. The van der Waals surface area contributed by atoms with Crippen molar-refractivity contribution in [1.29, 1.82) is 0 Å². The lowest BCUT2D eigenvalue weighted by Gasteiger charge is -2.36. The summed E-state index contributed by atoms with van der Waals surface area (Å²) in [6.07, 6.45) is 3.93. The number of anilines is 2. The van der Waals surface area contributed by atoms with E-state index in [9.17, 15) is 4.79 Å². The highest BCUT2D eigenvalue weighted by Crippen LogP contribution is 2.22. The Morgan fingerprint density at radius 3 is 2.31 bits per heavy atom. The standard InChI is InChI=1S/C20H23ClN4O/c21-17-4-3-5-18(14-17)23-10-12-24(13-11-23)19-7-6-16(15-22-19)20(26)25-8-1-2-9-25/h3-7,14-15H,1-2,8-13H2. The number of carbonyl (C=O) groups is 1. The molecule has 0 atom stereocenters. The number of hydrogen-bond acceptors (Lipinski definition) is 4. The van der Waals surface area contributed by atoms with Gasteiger partial charge in [0.1, 0.15) is 5.82 Å². The van der Waals surface area contributed by atoms with Crippen molar-refractivity contribution in [3.8, 4) is 0 Å². The summed E-state index contributed by atoms with van der Waals surface area (Å²) in [5, 5.41) is 0.768. The van der Waals surface area contributed by atoms with Gasteiger partial charge in [0.2, 0.25) is 0 Å². The topological polar surface area (TPSA) is 39.7 Å². The molecule has 0 bridgehead atoms. The minimum atomic E-state index is 0.104. The van der Waals surface area contributed by atoms with Crippen molar-refractivity contribution in [3.63, 3.8) is 0 Å². The lowest BCUT2D eigenvalue weighted by atomic mass is 10.2. The molecule has 136 valence electrons. The van der Waals surface area contributed by atoms with Gasteiger partial charge in [-0.1, -0.05) is 17.7 Å². The summed E-state index contributed by atoms with van der Waals surface area (Å²) in [7, 11) is 0. The number of halogens is 1. The van der Waals surface area contributed by atoms with Crippen molar-refractivity contribution in [2.24, 2.45) is 0 Å². The zero-order chi connectivity index (χ0) is 17.9. The molecule has 1 aromatic heterocycles. The van der Waals surface area contributed by atoms with Crippen LogP contribution in [0.2, 0.25) is 5.02 Å². The van der Waals surface area contributed by atoms with Crippen LogP contribution >= 0.6 is 11.6 Å². The molecule has 0 radical (unpaired) electrons. The maximum absolute atomic E-state index is 12.4. The van der Waals surface area contributed by atoms with Gasteiger partial charge in [-0.2, -0.15) is 0 Å². The number of rotatable bonds is 3. The largest absolute Gasteiger partial charge is 0.368 e. The first kappa shape index (κ1) is 17.2. The van der Waals surface area contributed by atoms with E-state index in [1.54, 1.807) is 6.20 Å². The highest BCUT2D eigenvalue weighted by Gasteiger charge is 2.21. The van der Waals surface area contributed by atoms with Crippen LogP contribution in [0.15, 0.2) is 42.6 Å². The average molecular weight is 371 g/mol. The molecule has 3 heterocycles. The van der Waals surface area contributed by atoms with Crippen molar-refractivity contribution < 1.29 is 4.79 Å². The highest BCUT2D eigenvalue weighted by atomic mass is 35.5. The van der Waals surface area contributed by atoms with Gasteiger partial charge in [0, 0.05) is 56.2 Å². The summed E-state index contributed by atoms with van der Waals surface area (Å²) in [5.41, 5.74) is 1.85. The Bertz CT molecular complexity index is 766. The molecule has 1 aromatic carbocycles. The second kappa shape index (κ2) is 7.54. The van der Waals surface area contributed by atoms with Crippen LogP contribution in [0.3, 0.4) is 0 Å². The number of piperazine rings is 1. The summed E-state index contributed by atoms with van der Waals surface area (Å²) in [6.45, 7) is 5.39. The fourth-order valence-electron chi connectivity index (χ4n) is 3.67. The van der Waals surface area contributed by atoms with E-state index >= 15 is 0 Å². The SMILES string of the molecule is O=C(c1ccc(N2CCN(c3cccc(Cl)c3)CC2)nc1)N1CCCC1.